The minimum absolute atomic E-state index is 0.00146. The van der Waals surface area contributed by atoms with Crippen LogP contribution in [0.1, 0.15) is 46.1 Å². The van der Waals surface area contributed by atoms with Gasteiger partial charge in [0.05, 0.1) is 32.9 Å². The van der Waals surface area contributed by atoms with Crippen LogP contribution in [0.2, 0.25) is 0 Å². The van der Waals surface area contributed by atoms with Crippen LogP contribution in [0.4, 0.5) is 0 Å². The number of nitrogens with zero attached hydrogens (tertiary/aromatic N) is 3. The number of fused-ring (bicyclic) bond motifs is 1. The molecule has 1 saturated heterocycles. The third-order valence-electron chi connectivity index (χ3n) is 8.70. The van der Waals surface area contributed by atoms with Crippen molar-refractivity contribution in [3.05, 3.63) is 36.4 Å². The summed E-state index contributed by atoms with van der Waals surface area (Å²) in [7, 11) is -0.608. The lowest BCUT2D eigenvalue weighted by atomic mass is 9.88. The van der Waals surface area contributed by atoms with E-state index in [4.69, 9.17) is 19.0 Å². The predicted molar refractivity (Wildman–Crippen MR) is 175 cm³/mol. The number of nitrogens with one attached hydrogen (secondary N) is 2. The smallest absolute Gasteiger partial charge is 0.325 e. The van der Waals surface area contributed by atoms with Gasteiger partial charge in [-0.3, -0.25) is 19.2 Å². The van der Waals surface area contributed by atoms with Crippen LogP contribution in [0.25, 0.3) is 10.9 Å². The number of likely N-dealkylation sites (tertiary alicyclic amines) is 1. The minimum atomic E-state index is -4.38. The zero-order valence-electron chi connectivity index (χ0n) is 28.5. The number of hydrogen-bond acceptors (Lipinski definition) is 11. The van der Waals surface area contributed by atoms with Crippen molar-refractivity contribution in [2.75, 3.05) is 34.4 Å². The monoisotopic (exact) mass is 691 g/mol. The Morgan fingerprint density at radius 1 is 1.25 bits per heavy atom. The van der Waals surface area contributed by atoms with Gasteiger partial charge in [-0.05, 0) is 37.8 Å². The zero-order valence-corrected chi connectivity index (χ0v) is 29.3. The molecule has 1 aromatic heterocycles. The molecule has 5 atom stereocenters. The first-order chi connectivity index (χ1) is 22.4. The summed E-state index contributed by atoms with van der Waals surface area (Å²) in [6.07, 6.45) is -0.659. The Balaban J connectivity index is 1.67. The summed E-state index contributed by atoms with van der Waals surface area (Å²) < 4.78 is 45.1. The van der Waals surface area contributed by atoms with Crippen LogP contribution >= 0.6 is 0 Å². The van der Waals surface area contributed by atoms with Crippen molar-refractivity contribution in [1.29, 1.82) is 0 Å². The van der Waals surface area contributed by atoms with E-state index in [-0.39, 0.29) is 19.4 Å². The van der Waals surface area contributed by atoms with Gasteiger partial charge < -0.3 is 29.5 Å². The van der Waals surface area contributed by atoms with Crippen molar-refractivity contribution in [2.24, 2.45) is 11.3 Å². The lowest BCUT2D eigenvalue weighted by Crippen LogP contribution is -2.58. The second kappa shape index (κ2) is 13.9. The largest absolute Gasteiger partial charge is 0.496 e. The Kier molecular flexibility index (Phi) is 10.6. The Bertz CT molecular complexity index is 1690. The third kappa shape index (κ3) is 7.21. The van der Waals surface area contributed by atoms with Crippen LogP contribution in [-0.4, -0.2) is 104 Å². The van der Waals surface area contributed by atoms with Crippen molar-refractivity contribution in [2.45, 2.75) is 71.2 Å². The zero-order chi connectivity index (χ0) is 35.8. The van der Waals surface area contributed by atoms with Crippen LogP contribution in [0, 0.1) is 18.3 Å². The molecule has 3 N–H and O–H groups in total. The maximum atomic E-state index is 14.0. The number of carbonyl (C=O) groups excluding carboxylic acids is 3. The lowest BCUT2D eigenvalue weighted by Gasteiger charge is -2.32. The summed E-state index contributed by atoms with van der Waals surface area (Å²) >= 11 is 0. The van der Waals surface area contributed by atoms with E-state index in [1.807, 2.05) is 18.6 Å². The van der Waals surface area contributed by atoms with Crippen LogP contribution < -0.4 is 24.2 Å². The summed E-state index contributed by atoms with van der Waals surface area (Å²) in [4.78, 5) is 51.6. The number of aryl methyl sites for hydroxylation is 1. The van der Waals surface area contributed by atoms with Crippen LogP contribution in [0.3, 0.4) is 0 Å². The number of hydroxylamine groups is 1. The van der Waals surface area contributed by atoms with Gasteiger partial charge in [-0.25, -0.2) is 9.71 Å². The Morgan fingerprint density at radius 3 is 2.50 bits per heavy atom. The molecule has 1 saturated carbocycles. The molecule has 2 aliphatic rings. The highest BCUT2D eigenvalue weighted by Gasteiger charge is 2.61. The number of aliphatic hydroxyl groups is 1. The van der Waals surface area contributed by atoms with Crippen LogP contribution in [-0.2, 0) is 29.4 Å². The maximum Gasteiger partial charge on any atom is 0.325 e. The van der Waals surface area contributed by atoms with Gasteiger partial charge in [0.15, 0.2) is 0 Å². The fourth-order valence-corrected chi connectivity index (χ4v) is 6.43. The van der Waals surface area contributed by atoms with Gasteiger partial charge in [0, 0.05) is 36.4 Å². The molecule has 2 heterocycles. The van der Waals surface area contributed by atoms with Crippen LogP contribution in [0.15, 0.2) is 30.9 Å². The molecule has 264 valence electrons. The number of ether oxygens (including phenoxy) is 3. The van der Waals surface area contributed by atoms with Gasteiger partial charge in [-0.2, -0.15) is 8.42 Å². The van der Waals surface area contributed by atoms with E-state index in [0.717, 1.165) is 19.7 Å². The van der Waals surface area contributed by atoms with Crippen molar-refractivity contribution in [3.8, 4) is 17.4 Å². The normalized spacial score (nSPS) is 23.0. The molecule has 0 bridgehead atoms. The number of carbonyl (C=O) groups is 3. The molecule has 2 aromatic rings. The van der Waals surface area contributed by atoms with Crippen molar-refractivity contribution >= 4 is 38.8 Å². The van der Waals surface area contributed by atoms with E-state index in [0.29, 0.717) is 39.4 Å². The molecule has 1 aliphatic carbocycles. The topological polar surface area (TPSA) is 186 Å². The van der Waals surface area contributed by atoms with Crippen molar-refractivity contribution in [3.63, 3.8) is 0 Å². The quantitative estimate of drug-likeness (QED) is 0.205. The number of pyridine rings is 1. The van der Waals surface area contributed by atoms with Crippen molar-refractivity contribution in [1.82, 2.24) is 24.4 Å². The molecule has 0 unspecified atom stereocenters. The highest BCUT2D eigenvalue weighted by Crippen LogP contribution is 2.45. The third-order valence-corrected chi connectivity index (χ3v) is 9.97. The first-order valence-electron chi connectivity index (χ1n) is 15.5. The number of hydrogen-bond donors (Lipinski definition) is 3. The molecule has 0 radical (unpaired) electrons. The number of aromatic nitrogens is 1. The second-order valence-electron chi connectivity index (χ2n) is 13.0. The molecular weight excluding hydrogens is 646 g/mol. The predicted octanol–water partition coefficient (Wildman–Crippen LogP) is 1.62. The molecule has 4 rings (SSSR count). The Labute approximate surface area is 280 Å². The van der Waals surface area contributed by atoms with E-state index in [1.165, 1.54) is 11.0 Å². The van der Waals surface area contributed by atoms with Gasteiger partial charge in [-0.15, -0.1) is 6.58 Å². The van der Waals surface area contributed by atoms with E-state index in [1.54, 1.807) is 46.1 Å². The number of amides is 3. The molecule has 2 fully saturated rings. The maximum absolute atomic E-state index is 14.0. The first-order valence-corrected chi connectivity index (χ1v) is 16.9. The fourth-order valence-electron chi connectivity index (χ4n) is 5.69. The Morgan fingerprint density at radius 2 is 1.94 bits per heavy atom. The van der Waals surface area contributed by atoms with Gasteiger partial charge in [0.1, 0.15) is 35.3 Å². The summed E-state index contributed by atoms with van der Waals surface area (Å²) in [5.74, 6) is -1.64. The summed E-state index contributed by atoms with van der Waals surface area (Å²) in [5.41, 5.74) is -1.14. The Hall–Kier alpha value is -3.99. The molecule has 15 nitrogen and oxygen atoms in total. The molecule has 1 aromatic carbocycles. The van der Waals surface area contributed by atoms with Gasteiger partial charge >= 0.3 is 10.2 Å². The molecule has 0 spiro atoms. The number of aliphatic hydroxyl groups excluding tert-OH is 1. The first kappa shape index (κ1) is 36.8. The van der Waals surface area contributed by atoms with E-state index in [2.05, 4.69) is 16.9 Å². The van der Waals surface area contributed by atoms with Gasteiger partial charge in [0.25, 0.3) is 11.8 Å². The van der Waals surface area contributed by atoms with Crippen molar-refractivity contribution < 1.29 is 47.0 Å². The number of benzene rings is 1. The highest BCUT2D eigenvalue weighted by molar-refractivity contribution is 7.87. The SMILES string of the molecule is C=C[C@@H]1C[C@]1(NC(=O)[C@H]1C[C@@H](Oc2cc(OCC)nc3c(C)c(OC)ccc23)CN1C(=O)[C@@H](O)C(C)(C)C)C(=O)NS(=O)(=O)N(C)OC. The van der Waals surface area contributed by atoms with Gasteiger partial charge in [0.2, 0.25) is 11.8 Å². The average molecular weight is 692 g/mol. The summed E-state index contributed by atoms with van der Waals surface area (Å²) in [6.45, 7) is 12.8. The molecule has 3 amide bonds. The molecule has 1 aliphatic heterocycles. The number of methoxy groups -OCH3 is 1. The number of rotatable bonds is 13. The van der Waals surface area contributed by atoms with Gasteiger partial charge in [-0.1, -0.05) is 31.3 Å². The molecular formula is C32H45N5O10S. The molecule has 16 heteroatoms. The standard InChI is InChI=1S/C32H45N5O10S/c1-10-19-16-32(19,30(41)35-48(42,43)36(7)45-9)34-28(39)22-14-20(17-37(22)29(40)27(38)31(4,5)6)47-24-15-25(46-11-2)33-26-18(3)23(44-8)13-12-21(24)26/h10,12-13,15,19-20,22,27,38H,1,11,14,16-17H2,2-9H3,(H,34,39)(H,35,41)/t19-,20-,22-,27-,32-/m1/s1. The average Bonchev–Trinajstić information content (AvgIpc) is 3.59. The van der Waals surface area contributed by atoms with Crippen LogP contribution in [0.5, 0.6) is 17.4 Å². The van der Waals surface area contributed by atoms with E-state index < -0.39 is 63.1 Å². The van der Waals surface area contributed by atoms with E-state index >= 15 is 0 Å². The van der Waals surface area contributed by atoms with E-state index in [9.17, 15) is 27.9 Å². The summed E-state index contributed by atoms with van der Waals surface area (Å²) in [5, 5.41) is 14.3. The second-order valence-corrected chi connectivity index (χ2v) is 14.6. The summed E-state index contributed by atoms with van der Waals surface area (Å²) in [6, 6.07) is 4.05. The molecule has 48 heavy (non-hydrogen) atoms. The fraction of sp³-hybridized carbons (Fsp3) is 0.562. The lowest BCUT2D eigenvalue weighted by molar-refractivity contribution is -0.150. The highest BCUT2D eigenvalue weighted by atomic mass is 32.2. The minimum Gasteiger partial charge on any atom is -0.496 e.